The van der Waals surface area contributed by atoms with Crippen LogP contribution < -0.4 is 5.32 Å². The van der Waals surface area contributed by atoms with Crippen LogP contribution in [0.3, 0.4) is 0 Å². The van der Waals surface area contributed by atoms with Gasteiger partial charge < -0.3 is 5.32 Å². The first-order chi connectivity index (χ1) is 9.72. The highest BCUT2D eigenvalue weighted by Gasteiger charge is 2.31. The summed E-state index contributed by atoms with van der Waals surface area (Å²) >= 11 is 6.30. The molecule has 2 nitrogen and oxygen atoms in total. The molecule has 0 saturated heterocycles. The first kappa shape index (κ1) is 13.7. The van der Waals surface area contributed by atoms with Gasteiger partial charge in [-0.05, 0) is 31.9 Å². The lowest BCUT2D eigenvalue weighted by molar-refractivity contribution is 0.353. The third-order valence-corrected chi connectivity index (χ3v) is 4.82. The molecular formula is C17H21ClN2. The van der Waals surface area contributed by atoms with Crippen LogP contribution in [0.5, 0.6) is 0 Å². The largest absolute Gasteiger partial charge is 0.378 e. The summed E-state index contributed by atoms with van der Waals surface area (Å²) in [4.78, 5) is 4.60. The number of nitrogens with zero attached hydrogens (tertiary/aromatic N) is 1. The molecule has 20 heavy (non-hydrogen) atoms. The maximum absolute atomic E-state index is 6.30. The highest BCUT2D eigenvalue weighted by Crippen LogP contribution is 2.35. The molecule has 2 aromatic rings. The van der Waals surface area contributed by atoms with Crippen LogP contribution in [0.1, 0.15) is 37.8 Å². The maximum atomic E-state index is 6.30. The SMILES string of the molecule is Cc1cc(NC2(CCl)CCCCC2)c2ccccc2n1. The summed E-state index contributed by atoms with van der Waals surface area (Å²) in [6.07, 6.45) is 6.18. The van der Waals surface area contributed by atoms with Crippen molar-refractivity contribution >= 4 is 28.2 Å². The Morgan fingerprint density at radius 2 is 1.95 bits per heavy atom. The Hall–Kier alpha value is -1.28. The predicted octanol–water partition coefficient (Wildman–Crippen LogP) is 4.90. The molecule has 1 N–H and O–H groups in total. The van der Waals surface area contributed by atoms with Crippen LogP contribution in [0.15, 0.2) is 30.3 Å². The number of rotatable bonds is 3. The smallest absolute Gasteiger partial charge is 0.0725 e. The average molecular weight is 289 g/mol. The lowest BCUT2D eigenvalue weighted by Gasteiger charge is -2.37. The van der Waals surface area contributed by atoms with E-state index < -0.39 is 0 Å². The van der Waals surface area contributed by atoms with Gasteiger partial charge in [0.2, 0.25) is 0 Å². The fourth-order valence-corrected chi connectivity index (χ4v) is 3.55. The van der Waals surface area contributed by atoms with E-state index in [-0.39, 0.29) is 5.54 Å². The molecule has 1 aliphatic rings. The molecule has 106 valence electrons. The number of benzene rings is 1. The zero-order chi connectivity index (χ0) is 14.0. The second kappa shape index (κ2) is 5.61. The van der Waals surface area contributed by atoms with E-state index in [0.29, 0.717) is 5.88 Å². The van der Waals surface area contributed by atoms with Crippen LogP contribution in [-0.4, -0.2) is 16.4 Å². The number of nitrogens with one attached hydrogen (secondary N) is 1. The van der Waals surface area contributed by atoms with Gasteiger partial charge in [0, 0.05) is 22.6 Å². The van der Waals surface area contributed by atoms with Gasteiger partial charge in [0.25, 0.3) is 0 Å². The summed E-state index contributed by atoms with van der Waals surface area (Å²) in [5.74, 6) is 0.669. The highest BCUT2D eigenvalue weighted by molar-refractivity contribution is 6.19. The molecule has 1 aliphatic carbocycles. The van der Waals surface area contributed by atoms with Crippen molar-refractivity contribution in [1.82, 2.24) is 4.98 Å². The van der Waals surface area contributed by atoms with Gasteiger partial charge in [-0.15, -0.1) is 11.6 Å². The molecule has 0 spiro atoms. The fraction of sp³-hybridized carbons (Fsp3) is 0.471. The van der Waals surface area contributed by atoms with Crippen molar-refractivity contribution in [2.24, 2.45) is 0 Å². The highest BCUT2D eigenvalue weighted by atomic mass is 35.5. The number of para-hydroxylation sites is 1. The Bertz CT molecular complexity index is 603. The Kier molecular flexibility index (Phi) is 3.84. The molecule has 1 heterocycles. The standard InChI is InChI=1S/C17H21ClN2/c1-13-11-16(14-7-3-4-8-15(14)19-13)20-17(12-18)9-5-2-6-10-17/h3-4,7-8,11H,2,5-6,9-10,12H2,1H3,(H,19,20). The summed E-state index contributed by atoms with van der Waals surface area (Å²) in [5, 5.41) is 4.94. The van der Waals surface area contributed by atoms with Crippen molar-refractivity contribution in [2.45, 2.75) is 44.6 Å². The van der Waals surface area contributed by atoms with E-state index in [0.717, 1.165) is 24.1 Å². The summed E-state index contributed by atoms with van der Waals surface area (Å²) in [6, 6.07) is 10.5. The Balaban J connectivity index is 2.01. The van der Waals surface area contributed by atoms with Crippen LogP contribution in [0.2, 0.25) is 0 Å². The molecule has 3 heteroatoms. The average Bonchev–Trinajstić information content (AvgIpc) is 2.48. The molecule has 0 aliphatic heterocycles. The normalized spacial score (nSPS) is 18.1. The minimum absolute atomic E-state index is 0.0520. The number of hydrogen-bond donors (Lipinski definition) is 1. The van der Waals surface area contributed by atoms with Crippen molar-refractivity contribution in [3.8, 4) is 0 Å². The number of fused-ring (bicyclic) bond motifs is 1. The zero-order valence-electron chi connectivity index (χ0n) is 12.0. The number of alkyl halides is 1. The number of aryl methyl sites for hydroxylation is 1. The van der Waals surface area contributed by atoms with E-state index in [1.807, 2.05) is 13.0 Å². The van der Waals surface area contributed by atoms with Crippen molar-refractivity contribution < 1.29 is 0 Å². The van der Waals surface area contributed by atoms with Gasteiger partial charge in [-0.3, -0.25) is 4.98 Å². The second-order valence-electron chi connectivity index (χ2n) is 5.93. The van der Waals surface area contributed by atoms with Gasteiger partial charge in [-0.25, -0.2) is 0 Å². The molecular weight excluding hydrogens is 268 g/mol. The van der Waals surface area contributed by atoms with Crippen LogP contribution in [0.4, 0.5) is 5.69 Å². The Morgan fingerprint density at radius 3 is 2.70 bits per heavy atom. The summed E-state index contributed by atoms with van der Waals surface area (Å²) in [5.41, 5.74) is 3.33. The monoisotopic (exact) mass is 288 g/mol. The number of pyridine rings is 1. The Labute approximate surface area is 125 Å². The summed E-state index contributed by atoms with van der Waals surface area (Å²) in [7, 11) is 0. The van der Waals surface area contributed by atoms with E-state index >= 15 is 0 Å². The first-order valence-corrected chi connectivity index (χ1v) is 7.96. The van der Waals surface area contributed by atoms with E-state index in [1.165, 1.54) is 30.3 Å². The fourth-order valence-electron chi connectivity index (χ4n) is 3.22. The minimum Gasteiger partial charge on any atom is -0.378 e. The molecule has 0 radical (unpaired) electrons. The van der Waals surface area contributed by atoms with Crippen molar-refractivity contribution in [3.05, 3.63) is 36.0 Å². The maximum Gasteiger partial charge on any atom is 0.0725 e. The minimum atomic E-state index is 0.0520. The topological polar surface area (TPSA) is 24.9 Å². The van der Waals surface area contributed by atoms with Crippen LogP contribution in [-0.2, 0) is 0 Å². The zero-order valence-corrected chi connectivity index (χ0v) is 12.7. The molecule has 3 rings (SSSR count). The number of halogens is 1. The van der Waals surface area contributed by atoms with Gasteiger partial charge in [0.05, 0.1) is 11.1 Å². The van der Waals surface area contributed by atoms with E-state index in [4.69, 9.17) is 11.6 Å². The number of hydrogen-bond acceptors (Lipinski definition) is 2. The van der Waals surface area contributed by atoms with E-state index in [1.54, 1.807) is 0 Å². The van der Waals surface area contributed by atoms with Gasteiger partial charge in [-0.1, -0.05) is 37.5 Å². The molecule has 1 aromatic carbocycles. The van der Waals surface area contributed by atoms with Crippen molar-refractivity contribution in [1.29, 1.82) is 0 Å². The molecule has 0 atom stereocenters. The van der Waals surface area contributed by atoms with Gasteiger partial charge >= 0.3 is 0 Å². The van der Waals surface area contributed by atoms with Crippen LogP contribution >= 0.6 is 11.6 Å². The lowest BCUT2D eigenvalue weighted by Crippen LogP contribution is -2.42. The number of aromatic nitrogens is 1. The van der Waals surface area contributed by atoms with Crippen LogP contribution in [0, 0.1) is 6.92 Å². The molecule has 1 aromatic heterocycles. The van der Waals surface area contributed by atoms with Crippen LogP contribution in [0.25, 0.3) is 10.9 Å². The molecule has 0 bridgehead atoms. The van der Waals surface area contributed by atoms with Crippen molar-refractivity contribution in [3.63, 3.8) is 0 Å². The summed E-state index contributed by atoms with van der Waals surface area (Å²) in [6.45, 7) is 2.05. The molecule has 1 fully saturated rings. The third kappa shape index (κ3) is 2.62. The van der Waals surface area contributed by atoms with Gasteiger partial charge in [0.1, 0.15) is 0 Å². The first-order valence-electron chi connectivity index (χ1n) is 7.43. The van der Waals surface area contributed by atoms with Gasteiger partial charge in [-0.2, -0.15) is 0 Å². The van der Waals surface area contributed by atoms with Gasteiger partial charge in [0.15, 0.2) is 0 Å². The molecule has 1 saturated carbocycles. The lowest BCUT2D eigenvalue weighted by atomic mass is 9.83. The van der Waals surface area contributed by atoms with E-state index in [9.17, 15) is 0 Å². The quantitative estimate of drug-likeness (QED) is 0.813. The number of anilines is 1. The molecule has 0 amide bonds. The predicted molar refractivity (Wildman–Crippen MR) is 86.6 cm³/mol. The van der Waals surface area contributed by atoms with E-state index in [2.05, 4.69) is 34.6 Å². The Morgan fingerprint density at radius 1 is 1.20 bits per heavy atom. The third-order valence-electron chi connectivity index (χ3n) is 4.31. The second-order valence-corrected chi connectivity index (χ2v) is 6.20. The van der Waals surface area contributed by atoms with Crippen molar-refractivity contribution in [2.75, 3.05) is 11.2 Å². The molecule has 0 unspecified atom stereocenters. The summed E-state index contributed by atoms with van der Waals surface area (Å²) < 4.78 is 0.